The number of aryl methyl sites for hydroxylation is 1. The van der Waals surface area contributed by atoms with Crippen molar-refractivity contribution in [2.45, 2.75) is 65.7 Å². The lowest BCUT2D eigenvalue weighted by Crippen LogP contribution is -2.33. The number of sulfonamides is 1. The Morgan fingerprint density at radius 3 is 2.44 bits per heavy atom. The summed E-state index contributed by atoms with van der Waals surface area (Å²) in [5.41, 5.74) is 1.71. The predicted octanol–water partition coefficient (Wildman–Crippen LogP) is 4.13. The Morgan fingerprint density at radius 1 is 1.15 bits per heavy atom. The van der Waals surface area contributed by atoms with E-state index in [9.17, 15) is 13.2 Å². The number of para-hydroxylation sites is 1. The molecule has 0 aliphatic carbocycles. The molecule has 0 saturated carbocycles. The Bertz CT molecular complexity index is 674. The Balaban J connectivity index is 2.59. The van der Waals surface area contributed by atoms with Gasteiger partial charge in [-0.1, -0.05) is 58.2 Å². The Kier molecular flexibility index (Phi) is 10.4. The van der Waals surface area contributed by atoms with Crippen LogP contribution in [0.3, 0.4) is 0 Å². The average molecular weight is 397 g/mol. The Labute approximate surface area is 165 Å². The molecule has 0 bridgehead atoms. The first kappa shape index (κ1) is 23.5. The molecule has 1 N–H and O–H groups in total. The van der Waals surface area contributed by atoms with Crippen LogP contribution in [-0.2, 0) is 21.2 Å². The van der Waals surface area contributed by atoms with Crippen molar-refractivity contribution >= 4 is 21.6 Å². The van der Waals surface area contributed by atoms with E-state index < -0.39 is 10.0 Å². The number of hydrogen-bond acceptors (Lipinski definition) is 3. The van der Waals surface area contributed by atoms with Crippen LogP contribution in [0.15, 0.2) is 24.3 Å². The molecular weight excluding hydrogens is 360 g/mol. The maximum absolute atomic E-state index is 12.3. The molecule has 0 spiro atoms. The third kappa shape index (κ3) is 8.33. The van der Waals surface area contributed by atoms with Gasteiger partial charge in [-0.15, -0.1) is 0 Å². The number of carbonyl (C=O) groups excluding carboxylic acids is 1. The Morgan fingerprint density at radius 2 is 1.85 bits per heavy atom. The van der Waals surface area contributed by atoms with Crippen molar-refractivity contribution in [1.29, 1.82) is 0 Å². The normalized spacial score (nSPS) is 12.6. The average Bonchev–Trinajstić information content (AvgIpc) is 2.64. The van der Waals surface area contributed by atoms with Crippen LogP contribution in [0.4, 0.5) is 5.69 Å². The standard InChI is InChI=1S/C21H36N2O3S/c1-5-8-12-18(6-2)17-22-21(24)15-11-16-23(27(4,25)26)20-14-10-9-13-19(20)7-3/h9-10,13-14,18H,5-8,11-12,15-17H2,1-4H3,(H,22,24)/t18-/m1/s1. The van der Waals surface area contributed by atoms with Gasteiger partial charge >= 0.3 is 0 Å². The molecule has 1 amide bonds. The van der Waals surface area contributed by atoms with Crippen LogP contribution in [0.25, 0.3) is 0 Å². The summed E-state index contributed by atoms with van der Waals surface area (Å²) in [6.45, 7) is 7.37. The molecule has 0 heterocycles. The van der Waals surface area contributed by atoms with Gasteiger partial charge < -0.3 is 5.32 Å². The van der Waals surface area contributed by atoms with Crippen LogP contribution in [0.1, 0.15) is 64.9 Å². The van der Waals surface area contributed by atoms with Crippen LogP contribution in [0.5, 0.6) is 0 Å². The first-order chi connectivity index (χ1) is 12.8. The first-order valence-corrected chi connectivity index (χ1v) is 12.0. The molecule has 27 heavy (non-hydrogen) atoms. The lowest BCUT2D eigenvalue weighted by molar-refractivity contribution is -0.121. The summed E-state index contributed by atoms with van der Waals surface area (Å²) in [6, 6.07) is 7.54. The van der Waals surface area contributed by atoms with Gasteiger partial charge in [0.1, 0.15) is 0 Å². The number of benzene rings is 1. The highest BCUT2D eigenvalue weighted by Crippen LogP contribution is 2.23. The summed E-state index contributed by atoms with van der Waals surface area (Å²) in [4.78, 5) is 12.1. The van der Waals surface area contributed by atoms with Gasteiger partial charge in [-0.2, -0.15) is 0 Å². The second-order valence-corrected chi connectivity index (χ2v) is 9.05. The summed E-state index contributed by atoms with van der Waals surface area (Å²) in [5.74, 6) is 0.528. The van der Waals surface area contributed by atoms with Crippen molar-refractivity contribution in [1.82, 2.24) is 5.32 Å². The molecule has 5 nitrogen and oxygen atoms in total. The van der Waals surface area contributed by atoms with Crippen LogP contribution in [0.2, 0.25) is 0 Å². The van der Waals surface area contributed by atoms with Gasteiger partial charge in [0, 0.05) is 19.5 Å². The molecule has 1 aromatic carbocycles. The number of nitrogens with one attached hydrogen (secondary N) is 1. The van der Waals surface area contributed by atoms with Gasteiger partial charge in [-0.25, -0.2) is 8.42 Å². The van der Waals surface area contributed by atoms with E-state index in [0.717, 1.165) is 24.8 Å². The second-order valence-electron chi connectivity index (χ2n) is 7.14. The minimum atomic E-state index is -3.39. The summed E-state index contributed by atoms with van der Waals surface area (Å²) >= 11 is 0. The van der Waals surface area contributed by atoms with Gasteiger partial charge in [0.2, 0.25) is 15.9 Å². The van der Waals surface area contributed by atoms with E-state index in [2.05, 4.69) is 19.2 Å². The van der Waals surface area contributed by atoms with Gasteiger partial charge in [0.25, 0.3) is 0 Å². The van der Waals surface area contributed by atoms with Crippen molar-refractivity contribution in [3.63, 3.8) is 0 Å². The number of anilines is 1. The first-order valence-electron chi connectivity index (χ1n) is 10.2. The van der Waals surface area contributed by atoms with Crippen LogP contribution < -0.4 is 9.62 Å². The number of unbranched alkanes of at least 4 members (excludes halogenated alkanes) is 1. The molecule has 0 saturated heterocycles. The maximum Gasteiger partial charge on any atom is 0.232 e. The number of hydrogen-bond donors (Lipinski definition) is 1. The van der Waals surface area contributed by atoms with Gasteiger partial charge in [-0.05, 0) is 36.8 Å². The highest BCUT2D eigenvalue weighted by Gasteiger charge is 2.19. The molecule has 1 aromatic rings. The highest BCUT2D eigenvalue weighted by molar-refractivity contribution is 7.92. The number of carbonyl (C=O) groups is 1. The summed E-state index contributed by atoms with van der Waals surface area (Å²) in [7, 11) is -3.39. The molecule has 0 aliphatic heterocycles. The van der Waals surface area contributed by atoms with E-state index in [1.165, 1.54) is 23.4 Å². The molecule has 0 fully saturated rings. The molecule has 0 aromatic heterocycles. The van der Waals surface area contributed by atoms with E-state index in [4.69, 9.17) is 0 Å². The zero-order valence-corrected chi connectivity index (χ0v) is 18.1. The van der Waals surface area contributed by atoms with E-state index in [1.54, 1.807) is 0 Å². The number of amides is 1. The highest BCUT2D eigenvalue weighted by atomic mass is 32.2. The fourth-order valence-corrected chi connectivity index (χ4v) is 4.19. The minimum Gasteiger partial charge on any atom is -0.356 e. The molecule has 6 heteroatoms. The maximum atomic E-state index is 12.3. The SMILES string of the molecule is CCCC[C@@H](CC)CNC(=O)CCCN(c1ccccc1CC)S(C)(=O)=O. The molecule has 1 atom stereocenters. The van der Waals surface area contributed by atoms with E-state index in [0.29, 0.717) is 37.5 Å². The van der Waals surface area contributed by atoms with Crippen molar-refractivity contribution in [2.75, 3.05) is 23.7 Å². The van der Waals surface area contributed by atoms with Crippen LogP contribution >= 0.6 is 0 Å². The number of nitrogens with zero attached hydrogens (tertiary/aromatic N) is 1. The van der Waals surface area contributed by atoms with Crippen molar-refractivity contribution in [3.05, 3.63) is 29.8 Å². The quantitative estimate of drug-likeness (QED) is 0.545. The van der Waals surface area contributed by atoms with Crippen LogP contribution in [-0.4, -0.2) is 33.7 Å². The lowest BCUT2D eigenvalue weighted by atomic mass is 9.99. The fourth-order valence-electron chi connectivity index (χ4n) is 3.19. The zero-order valence-electron chi connectivity index (χ0n) is 17.3. The zero-order chi connectivity index (χ0) is 20.3. The molecule has 0 aliphatic rings. The molecular formula is C21H36N2O3S. The summed E-state index contributed by atoms with van der Waals surface area (Å²) < 4.78 is 25.9. The third-order valence-corrected chi connectivity index (χ3v) is 6.12. The largest absolute Gasteiger partial charge is 0.356 e. The third-order valence-electron chi connectivity index (χ3n) is 4.94. The van der Waals surface area contributed by atoms with Crippen LogP contribution in [0, 0.1) is 5.92 Å². The topological polar surface area (TPSA) is 66.5 Å². The predicted molar refractivity (Wildman–Crippen MR) is 114 cm³/mol. The van der Waals surface area contributed by atoms with Crippen molar-refractivity contribution in [3.8, 4) is 0 Å². The Hall–Kier alpha value is -1.56. The van der Waals surface area contributed by atoms with Gasteiger partial charge in [-0.3, -0.25) is 9.10 Å². The van der Waals surface area contributed by atoms with Crippen molar-refractivity contribution < 1.29 is 13.2 Å². The smallest absolute Gasteiger partial charge is 0.232 e. The van der Waals surface area contributed by atoms with Crippen molar-refractivity contribution in [2.24, 2.45) is 5.92 Å². The van der Waals surface area contributed by atoms with Gasteiger partial charge in [0.05, 0.1) is 11.9 Å². The monoisotopic (exact) mass is 396 g/mol. The minimum absolute atomic E-state index is 0.00201. The molecule has 0 unspecified atom stereocenters. The second kappa shape index (κ2) is 12.0. The number of rotatable bonds is 13. The summed E-state index contributed by atoms with van der Waals surface area (Å²) in [6.07, 6.45) is 7.39. The van der Waals surface area contributed by atoms with E-state index in [-0.39, 0.29) is 5.91 Å². The molecule has 1 rings (SSSR count). The molecule has 0 radical (unpaired) electrons. The summed E-state index contributed by atoms with van der Waals surface area (Å²) in [5, 5.41) is 3.01. The van der Waals surface area contributed by atoms with E-state index in [1.807, 2.05) is 31.2 Å². The van der Waals surface area contributed by atoms with E-state index >= 15 is 0 Å². The van der Waals surface area contributed by atoms with Gasteiger partial charge in [0.15, 0.2) is 0 Å². The lowest BCUT2D eigenvalue weighted by Gasteiger charge is -2.24. The molecule has 154 valence electrons. The fraction of sp³-hybridized carbons (Fsp3) is 0.667.